The van der Waals surface area contributed by atoms with Gasteiger partial charge < -0.3 is 15.4 Å². The average molecular weight is 435 g/mol. The molecule has 0 aromatic carbocycles. The quantitative estimate of drug-likeness (QED) is 0.219. The molecule has 9 heteroatoms. The average Bonchev–Trinajstić information content (AvgIpc) is 2.67. The molecule has 0 aliphatic carbocycles. The first-order valence-corrected chi connectivity index (χ1v) is 12.2. The molecule has 0 aromatic heterocycles. The molecule has 0 radical (unpaired) electrons. The van der Waals surface area contributed by atoms with Crippen LogP contribution in [-0.2, 0) is 23.9 Å². The zero-order chi connectivity index (χ0) is 21.4. The first kappa shape index (κ1) is 26.8. The van der Waals surface area contributed by atoms with Crippen molar-refractivity contribution in [3.63, 3.8) is 0 Å². The van der Waals surface area contributed by atoms with Gasteiger partial charge in [-0.2, -0.15) is 0 Å². The van der Waals surface area contributed by atoms with Crippen molar-refractivity contribution in [2.75, 3.05) is 31.2 Å². The van der Waals surface area contributed by atoms with Crippen LogP contribution >= 0.6 is 21.6 Å². The summed E-state index contributed by atoms with van der Waals surface area (Å²) < 4.78 is 5.14. The summed E-state index contributed by atoms with van der Waals surface area (Å²) in [6.07, 6.45) is 1.60. The molecule has 1 atom stereocenters. The minimum atomic E-state index is -0.177. The summed E-state index contributed by atoms with van der Waals surface area (Å²) in [6, 6.07) is 0. The molecule has 162 valence electrons. The zero-order valence-electron chi connectivity index (χ0n) is 17.4. The fourth-order valence-corrected chi connectivity index (χ4v) is 3.66. The van der Waals surface area contributed by atoms with Crippen molar-refractivity contribution in [3.05, 3.63) is 0 Å². The lowest BCUT2D eigenvalue weighted by Gasteiger charge is -2.09. The van der Waals surface area contributed by atoms with Crippen LogP contribution in [0, 0.1) is 11.8 Å². The lowest BCUT2D eigenvalue weighted by Crippen LogP contribution is -2.34. The maximum Gasteiger partial charge on any atom is 0.308 e. The largest absolute Gasteiger partial charge is 0.465 e. The fraction of sp³-hybridized carbons (Fsp3) is 0.789. The van der Waals surface area contributed by atoms with Gasteiger partial charge in [0.15, 0.2) is 0 Å². The summed E-state index contributed by atoms with van der Waals surface area (Å²) in [7, 11) is 3.14. The number of hydrogen-bond donors (Lipinski definition) is 2. The highest BCUT2D eigenvalue weighted by Crippen LogP contribution is 2.21. The number of Topliss-reactive ketones (excluding diaryl/α,β-unsaturated/α-hetero) is 1. The molecular weight excluding hydrogens is 400 g/mol. The van der Waals surface area contributed by atoms with E-state index in [4.69, 9.17) is 4.74 Å². The number of ketones is 1. The molecule has 0 bridgehead atoms. The number of amides is 2. The van der Waals surface area contributed by atoms with Gasteiger partial charge in [0, 0.05) is 49.8 Å². The van der Waals surface area contributed by atoms with Gasteiger partial charge >= 0.3 is 5.97 Å². The normalized spacial score (nSPS) is 11.8. The molecule has 0 saturated carbocycles. The predicted octanol–water partition coefficient (Wildman–Crippen LogP) is 2.58. The van der Waals surface area contributed by atoms with E-state index in [0.29, 0.717) is 37.6 Å². The van der Waals surface area contributed by atoms with E-state index in [-0.39, 0.29) is 48.2 Å². The number of ether oxygens (including phenoxy) is 1. The Morgan fingerprint density at radius 2 is 1.43 bits per heavy atom. The van der Waals surface area contributed by atoms with Crippen LogP contribution in [0.25, 0.3) is 0 Å². The van der Waals surface area contributed by atoms with E-state index in [1.807, 2.05) is 27.7 Å². The third kappa shape index (κ3) is 14.8. The summed E-state index contributed by atoms with van der Waals surface area (Å²) in [5, 5.41) is 5.43. The molecular formula is C19H34N2O5S2. The van der Waals surface area contributed by atoms with Gasteiger partial charge in [0.1, 0.15) is 12.4 Å². The Kier molecular flexibility index (Phi) is 16.0. The summed E-state index contributed by atoms with van der Waals surface area (Å²) in [5.74, 6) is 0.916. The smallest absolute Gasteiger partial charge is 0.308 e. The molecule has 0 spiro atoms. The maximum atomic E-state index is 11.7. The Balaban J connectivity index is 3.52. The zero-order valence-corrected chi connectivity index (χ0v) is 19.0. The number of hydrogen-bond acceptors (Lipinski definition) is 7. The van der Waals surface area contributed by atoms with Crippen LogP contribution in [0.3, 0.4) is 0 Å². The van der Waals surface area contributed by atoms with E-state index >= 15 is 0 Å². The summed E-state index contributed by atoms with van der Waals surface area (Å²) in [5.41, 5.74) is 0. The van der Waals surface area contributed by atoms with Crippen molar-refractivity contribution in [3.8, 4) is 0 Å². The molecule has 2 N–H and O–H groups in total. The standard InChI is InChI=1S/C19H34N2O5S2/c1-5-15(4)19(25)26-11-13-28-27-12-8-18(24)21-10-9-20-17(23)7-6-16(22)14(2)3/h14-15H,5-13H2,1-4H3,(H,20,23)(H,21,24). The third-order valence-electron chi connectivity index (χ3n) is 3.93. The van der Waals surface area contributed by atoms with Gasteiger partial charge in [0.2, 0.25) is 11.8 Å². The summed E-state index contributed by atoms with van der Waals surface area (Å²) in [6.45, 7) is 8.53. The van der Waals surface area contributed by atoms with Gasteiger partial charge in [-0.25, -0.2) is 0 Å². The Morgan fingerprint density at radius 3 is 2.00 bits per heavy atom. The van der Waals surface area contributed by atoms with E-state index in [0.717, 1.165) is 6.42 Å². The van der Waals surface area contributed by atoms with Crippen LogP contribution < -0.4 is 10.6 Å². The van der Waals surface area contributed by atoms with Crippen LogP contribution in [0.2, 0.25) is 0 Å². The molecule has 0 fully saturated rings. The van der Waals surface area contributed by atoms with Gasteiger partial charge in [-0.1, -0.05) is 49.3 Å². The Bertz CT molecular complexity index is 501. The third-order valence-corrected chi connectivity index (χ3v) is 6.30. The highest BCUT2D eigenvalue weighted by atomic mass is 33.1. The Labute approximate surface area is 176 Å². The topological polar surface area (TPSA) is 102 Å². The predicted molar refractivity (Wildman–Crippen MR) is 115 cm³/mol. The van der Waals surface area contributed by atoms with Crippen LogP contribution in [0.5, 0.6) is 0 Å². The van der Waals surface area contributed by atoms with Gasteiger partial charge in [-0.15, -0.1) is 0 Å². The minimum absolute atomic E-state index is 0.0529. The van der Waals surface area contributed by atoms with Crippen molar-refractivity contribution in [1.82, 2.24) is 10.6 Å². The number of carbonyl (C=O) groups is 4. The van der Waals surface area contributed by atoms with E-state index in [1.165, 1.54) is 0 Å². The van der Waals surface area contributed by atoms with E-state index < -0.39 is 0 Å². The van der Waals surface area contributed by atoms with Crippen molar-refractivity contribution in [2.24, 2.45) is 11.8 Å². The number of carbonyl (C=O) groups excluding carboxylic acids is 4. The summed E-state index contributed by atoms with van der Waals surface area (Å²) >= 11 is 0. The minimum Gasteiger partial charge on any atom is -0.465 e. The van der Waals surface area contributed by atoms with Crippen molar-refractivity contribution < 1.29 is 23.9 Å². The Morgan fingerprint density at radius 1 is 0.857 bits per heavy atom. The maximum absolute atomic E-state index is 11.7. The van der Waals surface area contributed by atoms with Gasteiger partial charge in [-0.05, 0) is 6.42 Å². The second-order valence-electron chi connectivity index (χ2n) is 6.69. The number of esters is 1. The first-order valence-electron chi connectivity index (χ1n) is 9.75. The van der Waals surface area contributed by atoms with Crippen LogP contribution in [0.4, 0.5) is 0 Å². The number of nitrogens with one attached hydrogen (secondary N) is 2. The van der Waals surface area contributed by atoms with Gasteiger partial charge in [-0.3, -0.25) is 19.2 Å². The van der Waals surface area contributed by atoms with Crippen molar-refractivity contribution in [1.29, 1.82) is 0 Å². The fourth-order valence-electron chi connectivity index (χ4n) is 1.84. The van der Waals surface area contributed by atoms with E-state index in [9.17, 15) is 19.2 Å². The summed E-state index contributed by atoms with van der Waals surface area (Å²) in [4.78, 5) is 46.2. The number of rotatable bonds is 16. The van der Waals surface area contributed by atoms with Crippen molar-refractivity contribution in [2.45, 2.75) is 53.4 Å². The van der Waals surface area contributed by atoms with Crippen LogP contribution in [0.15, 0.2) is 0 Å². The van der Waals surface area contributed by atoms with Gasteiger partial charge in [0.25, 0.3) is 0 Å². The SMILES string of the molecule is CCC(C)C(=O)OCCSSCCC(=O)NCCNC(=O)CCC(=O)C(C)C. The highest BCUT2D eigenvalue weighted by molar-refractivity contribution is 8.76. The molecule has 7 nitrogen and oxygen atoms in total. The van der Waals surface area contributed by atoms with Gasteiger partial charge in [0.05, 0.1) is 5.92 Å². The lowest BCUT2D eigenvalue weighted by atomic mass is 10.0. The molecule has 0 heterocycles. The Hall–Kier alpha value is -1.22. The highest BCUT2D eigenvalue weighted by Gasteiger charge is 2.11. The second kappa shape index (κ2) is 16.7. The van der Waals surface area contributed by atoms with Crippen LogP contribution in [0.1, 0.15) is 53.4 Å². The second-order valence-corrected chi connectivity index (χ2v) is 9.39. The molecule has 0 aromatic rings. The molecule has 0 saturated heterocycles. The molecule has 0 aliphatic rings. The van der Waals surface area contributed by atoms with E-state index in [1.54, 1.807) is 21.6 Å². The first-order chi connectivity index (χ1) is 13.3. The molecule has 0 aliphatic heterocycles. The molecule has 0 rings (SSSR count). The molecule has 2 amide bonds. The van der Waals surface area contributed by atoms with E-state index in [2.05, 4.69) is 10.6 Å². The molecule has 28 heavy (non-hydrogen) atoms. The van der Waals surface area contributed by atoms with Crippen LogP contribution in [-0.4, -0.2) is 54.8 Å². The molecule has 1 unspecified atom stereocenters. The monoisotopic (exact) mass is 434 g/mol. The lowest BCUT2D eigenvalue weighted by molar-refractivity contribution is -0.147. The van der Waals surface area contributed by atoms with Crippen molar-refractivity contribution >= 4 is 45.2 Å².